The van der Waals surface area contributed by atoms with Gasteiger partial charge in [-0.05, 0) is 57.2 Å². The predicted molar refractivity (Wildman–Crippen MR) is 150 cm³/mol. The Balaban J connectivity index is 1.41. The van der Waals surface area contributed by atoms with Gasteiger partial charge in [-0.15, -0.1) is 0 Å². The van der Waals surface area contributed by atoms with E-state index in [0.717, 1.165) is 0 Å². The number of carbonyl (C=O) groups is 3. The number of hydrogen-bond acceptors (Lipinski definition) is 7. The van der Waals surface area contributed by atoms with Crippen LogP contribution < -0.4 is 15.5 Å². The molecule has 1 aromatic rings. The Hall–Kier alpha value is -3.02. The lowest BCUT2D eigenvalue weighted by Gasteiger charge is -2.53. The van der Waals surface area contributed by atoms with Gasteiger partial charge >= 0.3 is 6.09 Å². The molecule has 0 spiro atoms. The summed E-state index contributed by atoms with van der Waals surface area (Å²) in [6, 6.07) is 1.56. The van der Waals surface area contributed by atoms with Crippen LogP contribution in [0.15, 0.2) is 18.2 Å². The first-order chi connectivity index (χ1) is 19.0. The van der Waals surface area contributed by atoms with Crippen LogP contribution in [-0.2, 0) is 14.3 Å². The molecule has 9 nitrogen and oxygen atoms in total. The number of anilines is 2. The zero-order chi connectivity index (χ0) is 30.3. The number of piperazine rings is 1. The number of amides is 3. The summed E-state index contributed by atoms with van der Waals surface area (Å²) in [5.74, 6) is -4.44. The number of carbonyl (C=O) groups excluding carboxylic acids is 3. The molecule has 0 saturated carbocycles. The molecule has 1 aromatic carbocycles. The monoisotopic (exact) mass is 581 g/mol. The van der Waals surface area contributed by atoms with Crippen molar-refractivity contribution in [3.8, 4) is 0 Å². The Bertz CT molecular complexity index is 1160. The van der Waals surface area contributed by atoms with Gasteiger partial charge in [0.05, 0.1) is 11.7 Å². The summed E-state index contributed by atoms with van der Waals surface area (Å²) in [5, 5.41) is 5.24. The largest absolute Gasteiger partial charge is 0.444 e. The highest BCUT2D eigenvalue weighted by molar-refractivity contribution is 6.01. The molecule has 3 unspecified atom stereocenters. The fourth-order valence-corrected chi connectivity index (χ4v) is 6.12. The molecule has 3 heterocycles. The van der Waals surface area contributed by atoms with E-state index in [9.17, 15) is 14.4 Å². The summed E-state index contributed by atoms with van der Waals surface area (Å²) in [6.07, 6.45) is -0.0862. The van der Waals surface area contributed by atoms with E-state index in [1.54, 1.807) is 58.6 Å². The van der Waals surface area contributed by atoms with Crippen LogP contribution in [0, 0.1) is 11.2 Å². The molecule has 3 aliphatic heterocycles. The van der Waals surface area contributed by atoms with Crippen LogP contribution in [-0.4, -0.2) is 90.1 Å². The fraction of sp³-hybridized carbons (Fsp3) is 0.690. The minimum absolute atomic E-state index is 0.105. The van der Waals surface area contributed by atoms with E-state index in [0.29, 0.717) is 44.0 Å². The average Bonchev–Trinajstić information content (AvgIpc) is 2.83. The first-order valence-corrected chi connectivity index (χ1v) is 14.2. The summed E-state index contributed by atoms with van der Waals surface area (Å²) in [5.41, 5.74) is -0.911. The molecule has 0 aliphatic carbocycles. The lowest BCUT2D eigenvalue weighted by Crippen LogP contribution is -2.70. The lowest BCUT2D eigenvalue weighted by molar-refractivity contribution is -0.186. The number of halogens is 3. The Morgan fingerprint density at radius 1 is 1.02 bits per heavy atom. The number of ether oxygens (including phenoxy) is 1. The Labute approximate surface area is 239 Å². The molecule has 3 aliphatic rings. The molecular weight excluding hydrogens is 539 g/mol. The molecule has 0 radical (unpaired) electrons. The number of imide groups is 1. The van der Waals surface area contributed by atoms with Gasteiger partial charge in [-0.2, -0.15) is 0 Å². The second kappa shape index (κ2) is 11.3. The highest BCUT2D eigenvalue weighted by atomic mass is 19.3. The van der Waals surface area contributed by atoms with E-state index in [1.807, 2.05) is 4.90 Å². The summed E-state index contributed by atoms with van der Waals surface area (Å²) in [6.45, 7) is 11.8. The van der Waals surface area contributed by atoms with Crippen LogP contribution in [0.3, 0.4) is 0 Å². The number of likely N-dealkylation sites (tertiary alicyclic amines) is 1. The van der Waals surface area contributed by atoms with Gasteiger partial charge in [0.15, 0.2) is 0 Å². The van der Waals surface area contributed by atoms with Crippen LogP contribution >= 0.6 is 0 Å². The summed E-state index contributed by atoms with van der Waals surface area (Å²) in [7, 11) is 0. The first-order valence-electron chi connectivity index (χ1n) is 14.2. The van der Waals surface area contributed by atoms with Crippen molar-refractivity contribution in [2.24, 2.45) is 5.41 Å². The van der Waals surface area contributed by atoms with E-state index >= 15 is 13.2 Å². The van der Waals surface area contributed by atoms with Gasteiger partial charge in [-0.1, -0.05) is 20.8 Å². The minimum atomic E-state index is -3.19. The van der Waals surface area contributed by atoms with Crippen LogP contribution in [0.25, 0.3) is 0 Å². The second-order valence-electron chi connectivity index (χ2n) is 13.3. The van der Waals surface area contributed by atoms with Gasteiger partial charge in [0, 0.05) is 44.8 Å². The van der Waals surface area contributed by atoms with Crippen molar-refractivity contribution in [3.05, 3.63) is 24.0 Å². The number of rotatable bonds is 4. The summed E-state index contributed by atoms with van der Waals surface area (Å²) >= 11 is 0. The van der Waals surface area contributed by atoms with Gasteiger partial charge in [0.1, 0.15) is 23.5 Å². The van der Waals surface area contributed by atoms with Gasteiger partial charge in [0.25, 0.3) is 5.92 Å². The molecule has 3 atom stereocenters. The van der Waals surface area contributed by atoms with E-state index in [-0.39, 0.29) is 25.3 Å². The highest BCUT2D eigenvalue weighted by Crippen LogP contribution is 2.45. The van der Waals surface area contributed by atoms with E-state index in [1.165, 1.54) is 11.0 Å². The maximum absolute atomic E-state index is 16.2. The van der Waals surface area contributed by atoms with Crippen molar-refractivity contribution >= 4 is 29.3 Å². The number of nitrogens with zero attached hydrogens (tertiary/aromatic N) is 3. The molecule has 12 heteroatoms. The van der Waals surface area contributed by atoms with Crippen LogP contribution in [0.1, 0.15) is 60.8 Å². The zero-order valence-electron chi connectivity index (χ0n) is 24.7. The lowest BCUT2D eigenvalue weighted by atomic mass is 9.76. The maximum Gasteiger partial charge on any atom is 0.410 e. The number of piperidine rings is 2. The van der Waals surface area contributed by atoms with Crippen molar-refractivity contribution in [3.63, 3.8) is 0 Å². The molecule has 3 fully saturated rings. The van der Waals surface area contributed by atoms with E-state index in [4.69, 9.17) is 4.74 Å². The molecule has 0 aromatic heterocycles. The number of nitrogens with one attached hydrogen (secondary N) is 2. The number of alkyl halides is 2. The molecule has 41 heavy (non-hydrogen) atoms. The second-order valence-corrected chi connectivity index (χ2v) is 13.3. The van der Waals surface area contributed by atoms with Gasteiger partial charge in [-0.3, -0.25) is 24.7 Å². The third-order valence-corrected chi connectivity index (χ3v) is 7.84. The Kier molecular flexibility index (Phi) is 8.55. The smallest absolute Gasteiger partial charge is 0.410 e. The molecule has 4 rings (SSSR count). The quantitative estimate of drug-likeness (QED) is 0.515. The van der Waals surface area contributed by atoms with Crippen molar-refractivity contribution in [1.82, 2.24) is 15.1 Å². The van der Waals surface area contributed by atoms with Crippen molar-refractivity contribution in [1.29, 1.82) is 0 Å². The normalized spacial score (nSPS) is 26.0. The Morgan fingerprint density at radius 2 is 1.68 bits per heavy atom. The van der Waals surface area contributed by atoms with Crippen LogP contribution in [0.4, 0.5) is 29.3 Å². The van der Waals surface area contributed by atoms with Crippen molar-refractivity contribution in [2.45, 2.75) is 90.5 Å². The van der Waals surface area contributed by atoms with Crippen LogP contribution in [0.2, 0.25) is 0 Å². The molecule has 3 saturated heterocycles. The zero-order valence-corrected chi connectivity index (χ0v) is 24.7. The van der Waals surface area contributed by atoms with Crippen molar-refractivity contribution < 1.29 is 32.3 Å². The minimum Gasteiger partial charge on any atom is -0.444 e. The average molecular weight is 582 g/mol. The number of hydrogen-bond donors (Lipinski definition) is 2. The molecule has 0 bridgehead atoms. The van der Waals surface area contributed by atoms with Gasteiger partial charge in [0.2, 0.25) is 11.8 Å². The molecule has 228 valence electrons. The molecular formula is C29H42F3N5O4. The molecule has 2 N–H and O–H groups in total. The molecule has 3 amide bonds. The fourth-order valence-electron chi connectivity index (χ4n) is 6.12. The summed E-state index contributed by atoms with van der Waals surface area (Å²) < 4.78 is 53.0. The third kappa shape index (κ3) is 6.90. The predicted octanol–water partition coefficient (Wildman–Crippen LogP) is 4.22. The van der Waals surface area contributed by atoms with Gasteiger partial charge in [-0.25, -0.2) is 18.0 Å². The van der Waals surface area contributed by atoms with E-state index < -0.39 is 52.9 Å². The standard InChI is InChI=1S/C29H42F3N5O4/c1-27(2,3)25-29(31,32)22(11-12-37(25)26(40)41-28(4,5)6)36-15-13-35(14-16-36)21-9-7-18(17-19(21)30)33-20-8-10-23(38)34-24(20)39/h7,9,17,20,22,25,33H,8,10-16H2,1-6H3,(H,34,38,39). The number of benzene rings is 1. The topological polar surface area (TPSA) is 94.2 Å². The van der Waals surface area contributed by atoms with Gasteiger partial charge < -0.3 is 15.0 Å². The van der Waals surface area contributed by atoms with E-state index in [2.05, 4.69) is 10.6 Å². The third-order valence-electron chi connectivity index (χ3n) is 7.84. The summed E-state index contributed by atoms with van der Waals surface area (Å²) in [4.78, 5) is 41.1. The van der Waals surface area contributed by atoms with Crippen LogP contribution in [0.5, 0.6) is 0 Å². The van der Waals surface area contributed by atoms with Crippen molar-refractivity contribution in [2.75, 3.05) is 42.9 Å². The highest BCUT2D eigenvalue weighted by Gasteiger charge is 2.60. The maximum atomic E-state index is 16.2. The SMILES string of the molecule is CC(C)(C)OC(=O)N1CCC(N2CCN(c3ccc(NC4CCC(=O)NC4=O)cc3F)CC2)C(F)(F)C1C(C)(C)C. The Morgan fingerprint density at radius 3 is 2.24 bits per heavy atom. The first kappa shape index (κ1) is 30.9.